The van der Waals surface area contributed by atoms with Crippen LogP contribution >= 0.6 is 0 Å². The summed E-state index contributed by atoms with van der Waals surface area (Å²) in [5.41, 5.74) is 4.90. The zero-order valence-corrected chi connectivity index (χ0v) is 9.04. The Kier molecular flexibility index (Phi) is 3.08. The number of fused-ring (bicyclic) bond motifs is 1. The highest BCUT2D eigenvalue weighted by Crippen LogP contribution is 2.37. The summed E-state index contributed by atoms with van der Waals surface area (Å²) in [6.07, 6.45) is 2.23. The minimum Gasteiger partial charge on any atom is -0.313 e. The van der Waals surface area contributed by atoms with Gasteiger partial charge in [-0.2, -0.15) is 0 Å². The van der Waals surface area contributed by atoms with E-state index in [1.807, 2.05) is 19.2 Å². The molecule has 82 valence electrons. The molecule has 4 nitrogen and oxygen atoms in total. The van der Waals surface area contributed by atoms with Crippen molar-refractivity contribution >= 4 is 5.69 Å². The molecule has 1 aliphatic rings. The lowest BCUT2D eigenvalue weighted by molar-refractivity contribution is -0.160. The van der Waals surface area contributed by atoms with Crippen LogP contribution in [0.3, 0.4) is 0 Å². The van der Waals surface area contributed by atoms with Gasteiger partial charge in [-0.1, -0.05) is 30.5 Å². The SMILES string of the molecule is CCCC(NC)c1cccc2c1NOO2. The van der Waals surface area contributed by atoms with Crippen LogP contribution < -0.4 is 15.7 Å². The lowest BCUT2D eigenvalue weighted by Gasteiger charge is -2.17. The molecular formula is C11H16N2O2. The van der Waals surface area contributed by atoms with Crippen LogP contribution in [0.25, 0.3) is 0 Å². The number of para-hydroxylation sites is 1. The molecule has 0 radical (unpaired) electrons. The summed E-state index contributed by atoms with van der Waals surface area (Å²) in [7, 11) is 1.97. The van der Waals surface area contributed by atoms with Gasteiger partial charge in [-0.15, -0.1) is 0 Å². The Bertz CT molecular complexity index is 341. The Morgan fingerprint density at radius 2 is 2.33 bits per heavy atom. The number of hydrogen-bond donors (Lipinski definition) is 2. The molecule has 0 saturated heterocycles. The molecule has 0 saturated carbocycles. The molecule has 1 aliphatic heterocycles. The van der Waals surface area contributed by atoms with Crippen LogP contribution in [0.1, 0.15) is 31.4 Å². The van der Waals surface area contributed by atoms with Gasteiger partial charge in [0.1, 0.15) is 5.69 Å². The van der Waals surface area contributed by atoms with E-state index in [0.717, 1.165) is 24.3 Å². The second kappa shape index (κ2) is 4.51. The van der Waals surface area contributed by atoms with Crippen LogP contribution in [0, 0.1) is 0 Å². The van der Waals surface area contributed by atoms with Crippen molar-refractivity contribution in [1.82, 2.24) is 5.32 Å². The molecule has 1 heterocycles. The normalized spacial score (nSPS) is 15.3. The topological polar surface area (TPSA) is 42.5 Å². The summed E-state index contributed by atoms with van der Waals surface area (Å²) in [6, 6.07) is 6.28. The molecule has 0 aliphatic carbocycles. The maximum atomic E-state index is 4.97. The quantitative estimate of drug-likeness (QED) is 0.746. The fraction of sp³-hybridized carbons (Fsp3) is 0.455. The van der Waals surface area contributed by atoms with E-state index in [1.54, 1.807) is 0 Å². The molecular weight excluding hydrogens is 192 g/mol. The van der Waals surface area contributed by atoms with Crippen LogP contribution in [-0.2, 0) is 4.99 Å². The van der Waals surface area contributed by atoms with E-state index in [9.17, 15) is 0 Å². The lowest BCUT2D eigenvalue weighted by atomic mass is 10.0. The van der Waals surface area contributed by atoms with Gasteiger partial charge >= 0.3 is 0 Å². The summed E-state index contributed by atoms with van der Waals surface area (Å²) in [5.74, 6) is 0.754. The molecule has 0 aromatic heterocycles. The molecule has 1 aromatic carbocycles. The molecule has 0 fully saturated rings. The molecule has 4 heteroatoms. The minimum atomic E-state index is 0.336. The van der Waals surface area contributed by atoms with Crippen LogP contribution in [0.4, 0.5) is 5.69 Å². The van der Waals surface area contributed by atoms with Gasteiger partial charge in [0, 0.05) is 6.04 Å². The first-order valence-electron chi connectivity index (χ1n) is 5.26. The second-order valence-electron chi connectivity index (χ2n) is 3.62. The average Bonchev–Trinajstić information content (AvgIpc) is 2.73. The maximum Gasteiger partial charge on any atom is 0.193 e. The van der Waals surface area contributed by atoms with E-state index in [2.05, 4.69) is 23.8 Å². The number of benzene rings is 1. The van der Waals surface area contributed by atoms with Crippen LogP contribution in [0.5, 0.6) is 5.75 Å². The summed E-state index contributed by atoms with van der Waals surface area (Å²) in [5, 5.41) is 3.30. The highest BCUT2D eigenvalue weighted by Gasteiger charge is 2.21. The van der Waals surface area contributed by atoms with Crippen molar-refractivity contribution in [1.29, 1.82) is 0 Å². The molecule has 1 atom stereocenters. The fourth-order valence-electron chi connectivity index (χ4n) is 1.87. The van der Waals surface area contributed by atoms with E-state index in [4.69, 9.17) is 9.88 Å². The molecule has 2 N–H and O–H groups in total. The van der Waals surface area contributed by atoms with Crippen molar-refractivity contribution in [2.45, 2.75) is 25.8 Å². The number of hydrogen-bond acceptors (Lipinski definition) is 4. The Balaban J connectivity index is 2.30. The van der Waals surface area contributed by atoms with Gasteiger partial charge in [-0.05, 0) is 25.1 Å². The first-order chi connectivity index (χ1) is 7.36. The Hall–Kier alpha value is -1.26. The maximum absolute atomic E-state index is 4.97. The third-order valence-electron chi connectivity index (χ3n) is 2.63. The van der Waals surface area contributed by atoms with Crippen molar-refractivity contribution in [2.24, 2.45) is 0 Å². The summed E-state index contributed by atoms with van der Waals surface area (Å²) < 4.78 is 0. The lowest BCUT2D eigenvalue weighted by Crippen LogP contribution is -2.16. The van der Waals surface area contributed by atoms with E-state index in [-0.39, 0.29) is 0 Å². The first kappa shape index (κ1) is 10.3. The number of rotatable bonds is 4. The predicted molar refractivity (Wildman–Crippen MR) is 58.5 cm³/mol. The highest BCUT2D eigenvalue weighted by molar-refractivity contribution is 5.63. The Morgan fingerprint density at radius 1 is 1.47 bits per heavy atom. The van der Waals surface area contributed by atoms with E-state index in [0.29, 0.717) is 6.04 Å². The molecule has 15 heavy (non-hydrogen) atoms. The van der Waals surface area contributed by atoms with Crippen LogP contribution in [0.2, 0.25) is 0 Å². The van der Waals surface area contributed by atoms with Gasteiger partial charge in [-0.25, -0.2) is 5.48 Å². The molecule has 1 unspecified atom stereocenters. The zero-order valence-electron chi connectivity index (χ0n) is 9.04. The van der Waals surface area contributed by atoms with Gasteiger partial charge in [0.2, 0.25) is 0 Å². The third kappa shape index (κ3) is 1.91. The zero-order chi connectivity index (χ0) is 10.7. The van der Waals surface area contributed by atoms with E-state index >= 15 is 0 Å². The van der Waals surface area contributed by atoms with Gasteiger partial charge < -0.3 is 10.2 Å². The molecule has 1 aromatic rings. The monoisotopic (exact) mass is 208 g/mol. The summed E-state index contributed by atoms with van der Waals surface area (Å²) in [6.45, 7) is 2.17. The van der Waals surface area contributed by atoms with Gasteiger partial charge in [0.15, 0.2) is 5.75 Å². The van der Waals surface area contributed by atoms with Crippen molar-refractivity contribution in [3.05, 3.63) is 23.8 Å². The largest absolute Gasteiger partial charge is 0.313 e. The van der Waals surface area contributed by atoms with Crippen molar-refractivity contribution in [3.8, 4) is 5.75 Å². The van der Waals surface area contributed by atoms with Gasteiger partial charge in [0.05, 0.1) is 0 Å². The highest BCUT2D eigenvalue weighted by atomic mass is 17.3. The average molecular weight is 208 g/mol. The van der Waals surface area contributed by atoms with Crippen LogP contribution in [-0.4, -0.2) is 7.05 Å². The molecule has 0 amide bonds. The van der Waals surface area contributed by atoms with Crippen LogP contribution in [0.15, 0.2) is 18.2 Å². The predicted octanol–water partition coefficient (Wildman–Crippen LogP) is 2.40. The number of nitrogens with one attached hydrogen (secondary N) is 2. The van der Waals surface area contributed by atoms with Crippen molar-refractivity contribution < 1.29 is 9.88 Å². The molecule has 0 spiro atoms. The van der Waals surface area contributed by atoms with E-state index in [1.165, 1.54) is 5.56 Å². The molecule has 2 rings (SSSR count). The van der Waals surface area contributed by atoms with E-state index < -0.39 is 0 Å². The molecule has 0 bridgehead atoms. The third-order valence-corrected chi connectivity index (χ3v) is 2.63. The summed E-state index contributed by atoms with van der Waals surface area (Å²) in [4.78, 5) is 9.72. The van der Waals surface area contributed by atoms with Crippen molar-refractivity contribution in [2.75, 3.05) is 12.5 Å². The van der Waals surface area contributed by atoms with Gasteiger partial charge in [-0.3, -0.25) is 0 Å². The fourth-order valence-corrected chi connectivity index (χ4v) is 1.87. The second-order valence-corrected chi connectivity index (χ2v) is 3.62. The van der Waals surface area contributed by atoms with Crippen molar-refractivity contribution in [3.63, 3.8) is 0 Å². The van der Waals surface area contributed by atoms with Gasteiger partial charge in [0.25, 0.3) is 0 Å². The first-order valence-corrected chi connectivity index (χ1v) is 5.26. The Morgan fingerprint density at radius 3 is 3.07 bits per heavy atom. The Labute approximate surface area is 89.5 Å². The summed E-state index contributed by atoms with van der Waals surface area (Å²) >= 11 is 0. The minimum absolute atomic E-state index is 0.336. The smallest absolute Gasteiger partial charge is 0.193 e. The number of anilines is 1. The standard InChI is InChI=1S/C11H16N2O2/c1-3-5-9(12-2)8-6-4-7-10-11(8)13-15-14-10/h4,6-7,9,12-13H,3,5H2,1-2H3.